The van der Waals surface area contributed by atoms with Crippen LogP contribution in [0, 0.1) is 17.0 Å². The van der Waals surface area contributed by atoms with Gasteiger partial charge in [-0.05, 0) is 13.0 Å². The van der Waals surface area contributed by atoms with Crippen molar-refractivity contribution in [3.05, 3.63) is 57.0 Å². The fourth-order valence-corrected chi connectivity index (χ4v) is 2.75. The number of nitro groups is 1. The van der Waals surface area contributed by atoms with E-state index in [9.17, 15) is 10.1 Å². The highest BCUT2D eigenvalue weighted by Gasteiger charge is 2.18. The van der Waals surface area contributed by atoms with Crippen LogP contribution in [0.3, 0.4) is 0 Å². The molecule has 0 amide bonds. The van der Waals surface area contributed by atoms with Crippen LogP contribution in [0.15, 0.2) is 30.5 Å². The number of fused-ring (bicyclic) bond motifs is 1. The lowest BCUT2D eigenvalue weighted by molar-refractivity contribution is -0.383. The first-order valence-electron chi connectivity index (χ1n) is 6.39. The fraction of sp³-hybridized carbons (Fsp3) is 0.214. The molecule has 0 aliphatic carbocycles. The second-order valence-electron chi connectivity index (χ2n) is 4.89. The second kappa shape index (κ2) is 4.89. The van der Waals surface area contributed by atoms with Crippen LogP contribution < -0.4 is 0 Å². The van der Waals surface area contributed by atoms with E-state index in [0.29, 0.717) is 17.1 Å². The SMILES string of the molecule is Cc1nn(C)c(Cn2ccc3cccc([N+](=O)[O-])c32)c1Cl. The number of nitrogens with zero attached hydrogens (tertiary/aromatic N) is 4. The highest BCUT2D eigenvalue weighted by Crippen LogP contribution is 2.28. The predicted molar refractivity (Wildman–Crippen MR) is 80.6 cm³/mol. The molecule has 2 heterocycles. The van der Waals surface area contributed by atoms with Crippen LogP contribution in [0.2, 0.25) is 5.02 Å². The number of rotatable bonds is 3. The zero-order valence-electron chi connectivity index (χ0n) is 11.6. The molecule has 0 radical (unpaired) electrons. The van der Waals surface area contributed by atoms with Crippen LogP contribution >= 0.6 is 11.6 Å². The molecule has 3 aromatic rings. The van der Waals surface area contributed by atoms with Gasteiger partial charge in [-0.25, -0.2) is 0 Å². The van der Waals surface area contributed by atoms with E-state index in [1.807, 2.05) is 36.9 Å². The Labute approximate surface area is 125 Å². The Balaban J connectivity index is 2.15. The molecule has 0 fully saturated rings. The Morgan fingerprint density at radius 2 is 2.14 bits per heavy atom. The predicted octanol–water partition coefficient (Wildman–Crippen LogP) is 3.29. The van der Waals surface area contributed by atoms with Crippen molar-refractivity contribution >= 4 is 28.2 Å². The van der Waals surface area contributed by atoms with Gasteiger partial charge in [-0.1, -0.05) is 23.7 Å². The first kappa shape index (κ1) is 13.6. The Kier molecular flexibility index (Phi) is 3.17. The monoisotopic (exact) mass is 304 g/mol. The molecule has 1 aromatic carbocycles. The normalized spacial score (nSPS) is 11.2. The number of nitro benzene ring substituents is 1. The van der Waals surface area contributed by atoms with E-state index >= 15 is 0 Å². The maximum absolute atomic E-state index is 11.2. The molecule has 108 valence electrons. The molecule has 0 spiro atoms. The van der Waals surface area contributed by atoms with E-state index in [2.05, 4.69) is 5.10 Å². The smallest absolute Gasteiger partial charge is 0.293 e. The molecule has 6 nitrogen and oxygen atoms in total. The van der Waals surface area contributed by atoms with Crippen molar-refractivity contribution in [2.24, 2.45) is 7.05 Å². The van der Waals surface area contributed by atoms with Gasteiger partial charge in [0.25, 0.3) is 5.69 Å². The molecule has 2 aromatic heterocycles. The van der Waals surface area contributed by atoms with Crippen molar-refractivity contribution in [1.82, 2.24) is 14.3 Å². The summed E-state index contributed by atoms with van der Waals surface area (Å²) in [5.41, 5.74) is 2.26. The van der Waals surface area contributed by atoms with E-state index in [1.165, 1.54) is 6.07 Å². The molecular weight excluding hydrogens is 292 g/mol. The maximum Gasteiger partial charge on any atom is 0.293 e. The van der Waals surface area contributed by atoms with Crippen LogP contribution in [0.1, 0.15) is 11.4 Å². The third kappa shape index (κ3) is 2.17. The quantitative estimate of drug-likeness (QED) is 0.551. The third-order valence-corrected chi connectivity index (χ3v) is 4.04. The lowest BCUT2D eigenvalue weighted by Crippen LogP contribution is -2.06. The van der Waals surface area contributed by atoms with Crippen LogP contribution in [-0.2, 0) is 13.6 Å². The van der Waals surface area contributed by atoms with Crippen molar-refractivity contribution in [2.75, 3.05) is 0 Å². The number of benzene rings is 1. The van der Waals surface area contributed by atoms with Crippen molar-refractivity contribution in [1.29, 1.82) is 0 Å². The summed E-state index contributed by atoms with van der Waals surface area (Å²) in [7, 11) is 1.81. The van der Waals surface area contributed by atoms with Crippen LogP contribution in [0.5, 0.6) is 0 Å². The zero-order chi connectivity index (χ0) is 15.1. The van der Waals surface area contributed by atoms with Crippen molar-refractivity contribution in [2.45, 2.75) is 13.5 Å². The summed E-state index contributed by atoms with van der Waals surface area (Å²) < 4.78 is 3.54. The third-order valence-electron chi connectivity index (χ3n) is 3.55. The van der Waals surface area contributed by atoms with Crippen LogP contribution in [0.4, 0.5) is 5.69 Å². The second-order valence-corrected chi connectivity index (χ2v) is 5.26. The average Bonchev–Trinajstić information content (AvgIpc) is 2.95. The summed E-state index contributed by atoms with van der Waals surface area (Å²) in [6, 6.07) is 6.91. The number of non-ortho nitro benzene ring substituents is 1. The van der Waals surface area contributed by atoms with Gasteiger partial charge >= 0.3 is 0 Å². The Hall–Kier alpha value is -2.34. The average molecular weight is 305 g/mol. The molecule has 21 heavy (non-hydrogen) atoms. The minimum atomic E-state index is -0.366. The molecule has 0 saturated carbocycles. The Morgan fingerprint density at radius 3 is 2.76 bits per heavy atom. The molecule has 0 aliphatic rings. The van der Waals surface area contributed by atoms with Gasteiger partial charge in [-0.15, -0.1) is 0 Å². The highest BCUT2D eigenvalue weighted by atomic mass is 35.5. The van der Waals surface area contributed by atoms with E-state index in [-0.39, 0.29) is 10.6 Å². The number of halogens is 1. The van der Waals surface area contributed by atoms with Gasteiger partial charge in [-0.2, -0.15) is 5.10 Å². The Bertz CT molecular complexity index is 850. The van der Waals surface area contributed by atoms with Crippen LogP contribution in [0.25, 0.3) is 10.9 Å². The van der Waals surface area contributed by atoms with Gasteiger partial charge in [0.1, 0.15) is 5.52 Å². The molecule has 0 saturated heterocycles. The van der Waals surface area contributed by atoms with Gasteiger partial charge in [0.2, 0.25) is 0 Å². The maximum atomic E-state index is 11.2. The lowest BCUT2D eigenvalue weighted by atomic mass is 10.2. The lowest BCUT2D eigenvalue weighted by Gasteiger charge is -2.07. The van der Waals surface area contributed by atoms with Gasteiger partial charge in [0, 0.05) is 24.7 Å². The minimum Gasteiger partial charge on any atom is -0.336 e. The summed E-state index contributed by atoms with van der Waals surface area (Å²) in [5, 5.41) is 16.9. The molecule has 7 heteroatoms. The molecule has 0 atom stereocenters. The molecule has 3 rings (SSSR count). The number of hydrogen-bond donors (Lipinski definition) is 0. The minimum absolute atomic E-state index is 0.0903. The van der Waals surface area contributed by atoms with Crippen molar-refractivity contribution < 1.29 is 4.92 Å². The van der Waals surface area contributed by atoms with Gasteiger partial charge < -0.3 is 4.57 Å². The largest absolute Gasteiger partial charge is 0.336 e. The number of aryl methyl sites for hydroxylation is 2. The van der Waals surface area contributed by atoms with E-state index in [1.54, 1.807) is 10.7 Å². The summed E-state index contributed by atoms with van der Waals surface area (Å²) >= 11 is 6.25. The van der Waals surface area contributed by atoms with Gasteiger partial charge in [-0.3, -0.25) is 14.8 Å². The van der Waals surface area contributed by atoms with Gasteiger partial charge in [0.05, 0.1) is 27.9 Å². The summed E-state index contributed by atoms with van der Waals surface area (Å²) in [6.45, 7) is 2.27. The topological polar surface area (TPSA) is 65.9 Å². The zero-order valence-corrected chi connectivity index (χ0v) is 12.3. The summed E-state index contributed by atoms with van der Waals surface area (Å²) in [5.74, 6) is 0. The van der Waals surface area contributed by atoms with Crippen molar-refractivity contribution in [3.63, 3.8) is 0 Å². The summed E-state index contributed by atoms with van der Waals surface area (Å²) in [6.07, 6.45) is 1.83. The molecule has 0 bridgehead atoms. The first-order valence-corrected chi connectivity index (χ1v) is 6.77. The standard InChI is InChI=1S/C14H13ClN4O2/c1-9-13(15)12(17(2)16-9)8-18-7-6-10-4-3-5-11(14(10)18)19(20)21/h3-7H,8H2,1-2H3. The van der Waals surface area contributed by atoms with E-state index in [4.69, 9.17) is 11.6 Å². The number of hydrogen-bond acceptors (Lipinski definition) is 3. The van der Waals surface area contributed by atoms with Crippen LogP contribution in [-0.4, -0.2) is 19.3 Å². The molecule has 0 N–H and O–H groups in total. The van der Waals surface area contributed by atoms with Crippen molar-refractivity contribution in [3.8, 4) is 0 Å². The highest BCUT2D eigenvalue weighted by molar-refractivity contribution is 6.31. The number of aromatic nitrogens is 3. The summed E-state index contributed by atoms with van der Waals surface area (Å²) in [4.78, 5) is 10.8. The molecule has 0 aliphatic heterocycles. The van der Waals surface area contributed by atoms with E-state index < -0.39 is 0 Å². The van der Waals surface area contributed by atoms with Gasteiger partial charge in [0.15, 0.2) is 0 Å². The molecule has 0 unspecified atom stereocenters. The number of para-hydroxylation sites is 1. The first-order chi connectivity index (χ1) is 9.99. The van der Waals surface area contributed by atoms with E-state index in [0.717, 1.165) is 16.8 Å². The molecular formula is C14H13ClN4O2. The fourth-order valence-electron chi connectivity index (χ4n) is 2.53. The Morgan fingerprint density at radius 1 is 1.38 bits per heavy atom.